The highest BCUT2D eigenvalue weighted by atomic mass is 32.2. The number of carbonyl (C=O) groups excluding carboxylic acids is 2. The third-order valence-electron chi connectivity index (χ3n) is 2.51. The summed E-state index contributed by atoms with van der Waals surface area (Å²) in [6.07, 6.45) is 4.58. The average Bonchev–Trinajstić information content (AvgIpc) is 2.38. The van der Waals surface area contributed by atoms with Crippen molar-refractivity contribution >= 4 is 34.5 Å². The number of ether oxygens (including phenoxy) is 1. The first kappa shape index (κ1) is 15.9. The second-order valence-corrected chi connectivity index (χ2v) is 5.22. The third-order valence-corrected chi connectivity index (χ3v) is 3.44. The third kappa shape index (κ3) is 6.00. The number of rotatable bonds is 7. The van der Waals surface area contributed by atoms with Crippen LogP contribution in [0.1, 0.15) is 46.0 Å². The highest BCUT2D eigenvalue weighted by molar-refractivity contribution is 8.13. The van der Waals surface area contributed by atoms with E-state index in [0.29, 0.717) is 5.17 Å². The molecule has 1 rings (SSSR count). The molecule has 0 aromatic carbocycles. The minimum absolute atomic E-state index is 0.0568. The molecule has 0 spiro atoms. The van der Waals surface area contributed by atoms with E-state index < -0.39 is 5.97 Å². The van der Waals surface area contributed by atoms with E-state index in [0.717, 1.165) is 12.2 Å². The van der Waals surface area contributed by atoms with Crippen LogP contribution in [0.4, 0.5) is 0 Å². The highest BCUT2D eigenvalue weighted by Gasteiger charge is 2.22. The van der Waals surface area contributed by atoms with Crippen molar-refractivity contribution in [3.8, 4) is 0 Å². The van der Waals surface area contributed by atoms with Gasteiger partial charge in [0.15, 0.2) is 5.17 Å². The van der Waals surface area contributed by atoms with Gasteiger partial charge in [-0.25, -0.2) is 9.79 Å². The maximum absolute atomic E-state index is 11.5. The van der Waals surface area contributed by atoms with Gasteiger partial charge in [0.2, 0.25) is 0 Å². The molecule has 0 N–H and O–H groups in total. The zero-order valence-corrected chi connectivity index (χ0v) is 12.3. The normalized spacial score (nSPS) is 14.9. The number of amidine groups is 1. The zero-order valence-electron chi connectivity index (χ0n) is 11.5. The molecule has 1 aliphatic rings. The van der Waals surface area contributed by atoms with Gasteiger partial charge in [-0.2, -0.15) is 4.99 Å². The van der Waals surface area contributed by atoms with E-state index in [2.05, 4.69) is 16.9 Å². The lowest BCUT2D eigenvalue weighted by molar-refractivity contribution is -0.135. The molecule has 106 valence electrons. The van der Waals surface area contributed by atoms with Gasteiger partial charge in [-0.3, -0.25) is 4.79 Å². The molecule has 0 saturated carbocycles. The maximum Gasteiger partial charge on any atom is 0.353 e. The highest BCUT2D eigenvalue weighted by Crippen LogP contribution is 2.15. The predicted molar refractivity (Wildman–Crippen MR) is 77.7 cm³/mol. The molecule has 0 atom stereocenters. The molecule has 0 radical (unpaired) electrons. The van der Waals surface area contributed by atoms with Gasteiger partial charge in [0, 0.05) is 5.75 Å². The Balaban J connectivity index is 2.47. The topological polar surface area (TPSA) is 68.1 Å². The van der Waals surface area contributed by atoms with Crippen LogP contribution >= 0.6 is 11.8 Å². The van der Waals surface area contributed by atoms with Gasteiger partial charge in [0.25, 0.3) is 5.91 Å². The Morgan fingerprint density at radius 3 is 2.74 bits per heavy atom. The molecule has 1 aliphatic heterocycles. The van der Waals surface area contributed by atoms with Crippen molar-refractivity contribution in [1.29, 1.82) is 0 Å². The summed E-state index contributed by atoms with van der Waals surface area (Å²) >= 11 is 1.42. The molecule has 0 unspecified atom stereocenters. The van der Waals surface area contributed by atoms with Gasteiger partial charge >= 0.3 is 5.97 Å². The number of esters is 1. The number of carbonyl (C=O) groups is 2. The van der Waals surface area contributed by atoms with Gasteiger partial charge < -0.3 is 4.74 Å². The lowest BCUT2D eigenvalue weighted by atomic mass is 10.2. The number of unbranched alkanes of at least 4 members (excludes halogenated alkanes) is 3. The van der Waals surface area contributed by atoms with E-state index in [-0.39, 0.29) is 24.6 Å². The Labute approximate surface area is 117 Å². The van der Waals surface area contributed by atoms with E-state index in [1.165, 1.54) is 31.0 Å². The van der Waals surface area contributed by atoms with Crippen molar-refractivity contribution in [3.63, 3.8) is 0 Å². The lowest BCUT2D eigenvalue weighted by Gasteiger charge is -2.09. The Kier molecular flexibility index (Phi) is 7.40. The van der Waals surface area contributed by atoms with Gasteiger partial charge in [-0.15, -0.1) is 0 Å². The molecule has 19 heavy (non-hydrogen) atoms. The molecule has 0 saturated heterocycles. The number of hydrogen-bond acceptors (Lipinski definition) is 5. The van der Waals surface area contributed by atoms with Gasteiger partial charge in [-0.05, 0) is 13.3 Å². The van der Waals surface area contributed by atoms with Crippen molar-refractivity contribution in [3.05, 3.63) is 0 Å². The Morgan fingerprint density at radius 1 is 1.26 bits per heavy atom. The number of hydrogen-bond donors (Lipinski definition) is 0. The van der Waals surface area contributed by atoms with Crippen LogP contribution in [0.3, 0.4) is 0 Å². The molecule has 0 aromatic heterocycles. The Morgan fingerprint density at radius 2 is 2.05 bits per heavy atom. The van der Waals surface area contributed by atoms with Crippen LogP contribution in [0.5, 0.6) is 0 Å². The van der Waals surface area contributed by atoms with E-state index in [1.807, 2.05) is 0 Å². The molecule has 5 nitrogen and oxygen atoms in total. The molecule has 0 fully saturated rings. The van der Waals surface area contributed by atoms with E-state index in [1.54, 1.807) is 6.92 Å². The lowest BCUT2D eigenvalue weighted by Crippen LogP contribution is -2.24. The van der Waals surface area contributed by atoms with Crippen molar-refractivity contribution < 1.29 is 14.3 Å². The molecule has 0 aromatic rings. The second-order valence-electron chi connectivity index (χ2n) is 4.15. The largest absolute Gasteiger partial charge is 0.461 e. The van der Waals surface area contributed by atoms with Gasteiger partial charge in [0.1, 0.15) is 5.71 Å². The van der Waals surface area contributed by atoms with Gasteiger partial charge in [0.05, 0.1) is 13.0 Å². The summed E-state index contributed by atoms with van der Waals surface area (Å²) in [5, 5.41) is 0.385. The smallest absolute Gasteiger partial charge is 0.353 e. The quantitative estimate of drug-likeness (QED) is 0.532. The molecule has 1 amide bonds. The number of amides is 1. The monoisotopic (exact) mass is 284 g/mol. The Hall–Kier alpha value is -1.17. The van der Waals surface area contributed by atoms with Crippen molar-refractivity contribution in [1.82, 2.24) is 0 Å². The second kappa shape index (κ2) is 8.85. The minimum Gasteiger partial charge on any atom is -0.461 e. The summed E-state index contributed by atoms with van der Waals surface area (Å²) in [6, 6.07) is 0. The van der Waals surface area contributed by atoms with Crippen LogP contribution in [0.25, 0.3) is 0 Å². The van der Waals surface area contributed by atoms with E-state index in [4.69, 9.17) is 4.74 Å². The fraction of sp³-hybridized carbons (Fsp3) is 0.692. The summed E-state index contributed by atoms with van der Waals surface area (Å²) < 4.78 is 4.85. The standard InChI is InChI=1S/C13H20N2O3S/c1-3-5-6-7-8-19-13-14-10(9-11(16)15-13)12(17)18-4-2/h3-9H2,1-2H3. The van der Waals surface area contributed by atoms with Crippen LogP contribution in [-0.2, 0) is 14.3 Å². The molecule has 6 heteroatoms. The molecular weight excluding hydrogens is 264 g/mol. The zero-order chi connectivity index (χ0) is 14.1. The van der Waals surface area contributed by atoms with Crippen molar-refractivity contribution in [2.45, 2.75) is 46.0 Å². The molecular formula is C13H20N2O3S. The van der Waals surface area contributed by atoms with Gasteiger partial charge in [-0.1, -0.05) is 37.9 Å². The maximum atomic E-state index is 11.5. The first-order chi connectivity index (χ1) is 9.17. The molecule has 0 bridgehead atoms. The first-order valence-electron chi connectivity index (χ1n) is 6.66. The number of aliphatic imine (C=N–C) groups is 2. The van der Waals surface area contributed by atoms with E-state index >= 15 is 0 Å². The summed E-state index contributed by atoms with van der Waals surface area (Å²) in [7, 11) is 0. The first-order valence-corrected chi connectivity index (χ1v) is 7.65. The minimum atomic E-state index is -0.519. The predicted octanol–water partition coefficient (Wildman–Crippen LogP) is 2.59. The molecule has 0 aliphatic carbocycles. The SMILES string of the molecule is CCCCCCSC1=NC(=O)CC(C(=O)OCC)=N1. The van der Waals surface area contributed by atoms with Crippen LogP contribution in [0, 0.1) is 0 Å². The summed E-state index contributed by atoms with van der Waals surface area (Å²) in [4.78, 5) is 30.9. The number of thioether (sulfide) groups is 1. The summed E-state index contributed by atoms with van der Waals surface area (Å²) in [5.41, 5.74) is 0.165. The van der Waals surface area contributed by atoms with Crippen LogP contribution in [0.2, 0.25) is 0 Å². The fourth-order valence-electron chi connectivity index (χ4n) is 1.56. The van der Waals surface area contributed by atoms with E-state index in [9.17, 15) is 9.59 Å². The van der Waals surface area contributed by atoms with Crippen LogP contribution in [0.15, 0.2) is 9.98 Å². The molecule has 1 heterocycles. The summed E-state index contributed by atoms with van der Waals surface area (Å²) in [6.45, 7) is 4.16. The fourth-order valence-corrected chi connectivity index (χ4v) is 2.43. The number of nitrogens with zero attached hydrogens (tertiary/aromatic N) is 2. The average molecular weight is 284 g/mol. The van der Waals surface area contributed by atoms with Crippen molar-refractivity contribution in [2.75, 3.05) is 12.4 Å². The Bertz CT molecular complexity index is 391. The van der Waals surface area contributed by atoms with Crippen LogP contribution < -0.4 is 0 Å². The summed E-state index contributed by atoms with van der Waals surface area (Å²) in [5.74, 6) is 0.0232. The van der Waals surface area contributed by atoms with Crippen molar-refractivity contribution in [2.24, 2.45) is 9.98 Å². The van der Waals surface area contributed by atoms with Crippen LogP contribution in [-0.4, -0.2) is 35.1 Å².